The molecular weight excluding hydrogens is 236 g/mol. The van der Waals surface area contributed by atoms with Crippen LogP contribution in [0.1, 0.15) is 44.9 Å². The van der Waals surface area contributed by atoms with Gasteiger partial charge in [0.2, 0.25) is 5.91 Å². The lowest BCUT2D eigenvalue weighted by Crippen LogP contribution is -2.41. The normalized spacial score (nSPS) is 30.3. The van der Waals surface area contributed by atoms with Gasteiger partial charge in [-0.05, 0) is 75.3 Å². The molecule has 3 heteroatoms. The molecule has 106 valence electrons. The second kappa shape index (κ2) is 4.47. The van der Waals surface area contributed by atoms with Crippen molar-refractivity contribution in [3.05, 3.63) is 0 Å². The molecule has 19 heavy (non-hydrogen) atoms. The van der Waals surface area contributed by atoms with E-state index < -0.39 is 0 Å². The Labute approximate surface area is 116 Å². The van der Waals surface area contributed by atoms with Crippen LogP contribution < -0.4 is 5.32 Å². The van der Waals surface area contributed by atoms with Crippen LogP contribution in [0.15, 0.2) is 0 Å². The number of carbonyl (C=O) groups is 1. The fourth-order valence-corrected chi connectivity index (χ4v) is 4.40. The van der Waals surface area contributed by atoms with Gasteiger partial charge < -0.3 is 10.2 Å². The molecule has 2 saturated carbocycles. The van der Waals surface area contributed by atoms with Crippen molar-refractivity contribution in [2.24, 2.45) is 23.2 Å². The highest BCUT2D eigenvalue weighted by atomic mass is 16.2. The van der Waals surface area contributed by atoms with E-state index in [4.69, 9.17) is 0 Å². The number of hydrogen-bond acceptors (Lipinski definition) is 2. The molecule has 3 nitrogen and oxygen atoms in total. The molecule has 0 aromatic heterocycles. The van der Waals surface area contributed by atoms with E-state index in [2.05, 4.69) is 10.2 Å². The summed E-state index contributed by atoms with van der Waals surface area (Å²) < 4.78 is 0. The van der Waals surface area contributed by atoms with Crippen LogP contribution in [0.25, 0.3) is 0 Å². The zero-order valence-corrected chi connectivity index (χ0v) is 11.9. The first kappa shape index (κ1) is 12.2. The number of likely N-dealkylation sites (tertiary alicyclic amines) is 1. The second-order valence-electron chi connectivity index (χ2n) is 7.46. The number of nitrogens with zero attached hydrogens (tertiary/aromatic N) is 1. The lowest BCUT2D eigenvalue weighted by molar-refractivity contribution is -0.136. The van der Waals surface area contributed by atoms with E-state index in [1.54, 1.807) is 0 Å². The molecule has 0 atom stereocenters. The summed E-state index contributed by atoms with van der Waals surface area (Å²) in [7, 11) is 0. The fourth-order valence-electron chi connectivity index (χ4n) is 4.40. The Morgan fingerprint density at radius 2 is 1.68 bits per heavy atom. The van der Waals surface area contributed by atoms with Gasteiger partial charge in [0.05, 0.1) is 0 Å². The Kier molecular flexibility index (Phi) is 2.87. The number of piperidine rings is 1. The molecule has 2 heterocycles. The highest BCUT2D eigenvalue weighted by Crippen LogP contribution is 2.51. The van der Waals surface area contributed by atoms with Gasteiger partial charge >= 0.3 is 0 Å². The van der Waals surface area contributed by atoms with Gasteiger partial charge in [0, 0.05) is 19.0 Å². The van der Waals surface area contributed by atoms with Crippen LogP contribution >= 0.6 is 0 Å². The molecule has 4 fully saturated rings. The van der Waals surface area contributed by atoms with Crippen LogP contribution in [-0.4, -0.2) is 37.0 Å². The number of rotatable bonds is 3. The molecule has 0 radical (unpaired) electrons. The average Bonchev–Trinajstić information content (AvgIpc) is 3.33. The molecule has 2 aliphatic heterocycles. The molecule has 0 aromatic rings. The van der Waals surface area contributed by atoms with Crippen molar-refractivity contribution in [1.82, 2.24) is 10.2 Å². The van der Waals surface area contributed by atoms with Gasteiger partial charge in [-0.3, -0.25) is 4.79 Å². The summed E-state index contributed by atoms with van der Waals surface area (Å²) >= 11 is 0. The topological polar surface area (TPSA) is 32.3 Å². The first-order valence-electron chi connectivity index (χ1n) is 8.27. The molecular formula is C16H26N2O. The predicted octanol–water partition coefficient (Wildman–Crippen LogP) is 2.02. The third-order valence-electron chi connectivity index (χ3n) is 5.96. The quantitative estimate of drug-likeness (QED) is 0.844. The molecule has 0 unspecified atom stereocenters. The van der Waals surface area contributed by atoms with Gasteiger partial charge in [0.15, 0.2) is 0 Å². The van der Waals surface area contributed by atoms with Crippen molar-refractivity contribution in [2.45, 2.75) is 44.9 Å². The summed E-state index contributed by atoms with van der Waals surface area (Å²) in [5, 5.41) is 3.46. The minimum absolute atomic E-state index is 0.414. The van der Waals surface area contributed by atoms with Crippen LogP contribution in [0.5, 0.6) is 0 Å². The Balaban J connectivity index is 1.43. The van der Waals surface area contributed by atoms with Crippen molar-refractivity contribution in [1.29, 1.82) is 0 Å². The van der Waals surface area contributed by atoms with Crippen LogP contribution in [0.2, 0.25) is 0 Å². The first-order valence-corrected chi connectivity index (χ1v) is 8.27. The van der Waals surface area contributed by atoms with E-state index in [-0.39, 0.29) is 0 Å². The Bertz CT molecular complexity index is 355. The predicted molar refractivity (Wildman–Crippen MR) is 74.7 cm³/mol. The van der Waals surface area contributed by atoms with E-state index in [0.29, 0.717) is 17.2 Å². The van der Waals surface area contributed by atoms with Gasteiger partial charge in [-0.25, -0.2) is 0 Å². The minimum Gasteiger partial charge on any atom is -0.342 e. The molecule has 4 rings (SSSR count). The van der Waals surface area contributed by atoms with Gasteiger partial charge in [0.25, 0.3) is 0 Å². The highest BCUT2D eigenvalue weighted by Gasteiger charge is 2.49. The van der Waals surface area contributed by atoms with E-state index in [9.17, 15) is 4.79 Å². The lowest BCUT2D eigenvalue weighted by atomic mass is 9.78. The maximum atomic E-state index is 12.8. The zero-order chi connectivity index (χ0) is 12.9. The molecule has 2 aliphatic carbocycles. The molecule has 1 spiro atoms. The van der Waals surface area contributed by atoms with Gasteiger partial charge in [0.1, 0.15) is 0 Å². The third kappa shape index (κ3) is 2.31. The summed E-state index contributed by atoms with van der Waals surface area (Å²) in [6.45, 7) is 4.39. The van der Waals surface area contributed by atoms with Crippen molar-refractivity contribution in [2.75, 3.05) is 26.2 Å². The zero-order valence-electron chi connectivity index (χ0n) is 11.9. The number of hydrogen-bond donors (Lipinski definition) is 1. The number of carbonyl (C=O) groups excluding carboxylic acids is 1. The van der Waals surface area contributed by atoms with Crippen LogP contribution in [0.3, 0.4) is 0 Å². The van der Waals surface area contributed by atoms with Crippen molar-refractivity contribution in [3.8, 4) is 0 Å². The summed E-state index contributed by atoms with van der Waals surface area (Å²) in [6, 6.07) is 0. The number of amides is 1. The number of nitrogens with one attached hydrogen (secondary N) is 1. The van der Waals surface area contributed by atoms with Crippen molar-refractivity contribution >= 4 is 5.91 Å². The molecule has 2 saturated heterocycles. The summed E-state index contributed by atoms with van der Waals surface area (Å²) in [4.78, 5) is 15.1. The largest absolute Gasteiger partial charge is 0.342 e. The van der Waals surface area contributed by atoms with E-state index in [0.717, 1.165) is 38.0 Å². The third-order valence-corrected chi connectivity index (χ3v) is 5.96. The van der Waals surface area contributed by atoms with Gasteiger partial charge in [-0.2, -0.15) is 0 Å². The van der Waals surface area contributed by atoms with Crippen LogP contribution in [0, 0.1) is 23.2 Å². The molecule has 1 amide bonds. The minimum atomic E-state index is 0.414. The molecule has 0 aromatic carbocycles. The maximum absolute atomic E-state index is 12.8. The van der Waals surface area contributed by atoms with Crippen LogP contribution in [0.4, 0.5) is 0 Å². The van der Waals surface area contributed by atoms with E-state index in [1.165, 1.54) is 44.9 Å². The summed E-state index contributed by atoms with van der Waals surface area (Å²) in [5.41, 5.74) is 0.471. The van der Waals surface area contributed by atoms with E-state index >= 15 is 0 Å². The smallest absolute Gasteiger partial charge is 0.226 e. The lowest BCUT2D eigenvalue weighted by Gasteiger charge is -2.34. The van der Waals surface area contributed by atoms with Gasteiger partial charge in [-0.1, -0.05) is 0 Å². The standard InChI is InChI=1S/C16H26N2O/c19-15(14(12-1-2-12)13-3-4-13)18-10-7-16(11-18)5-8-17-9-6-16/h12-14,17H,1-11H2. The summed E-state index contributed by atoms with van der Waals surface area (Å²) in [6.07, 6.45) is 9.06. The SMILES string of the molecule is O=C(C(C1CC1)C1CC1)N1CCC2(CCNCC2)C1. The first-order chi connectivity index (χ1) is 9.27. The fraction of sp³-hybridized carbons (Fsp3) is 0.938. The Hall–Kier alpha value is -0.570. The highest BCUT2D eigenvalue weighted by molar-refractivity contribution is 5.80. The summed E-state index contributed by atoms with van der Waals surface area (Å²) in [5.74, 6) is 2.45. The molecule has 0 bridgehead atoms. The molecule has 4 aliphatic rings. The Morgan fingerprint density at radius 3 is 2.26 bits per heavy atom. The molecule has 1 N–H and O–H groups in total. The van der Waals surface area contributed by atoms with Crippen molar-refractivity contribution in [3.63, 3.8) is 0 Å². The van der Waals surface area contributed by atoms with Gasteiger partial charge in [-0.15, -0.1) is 0 Å². The average molecular weight is 262 g/mol. The van der Waals surface area contributed by atoms with Crippen LogP contribution in [-0.2, 0) is 4.79 Å². The monoisotopic (exact) mass is 262 g/mol. The van der Waals surface area contributed by atoms with E-state index in [1.807, 2.05) is 0 Å². The van der Waals surface area contributed by atoms with Crippen molar-refractivity contribution < 1.29 is 4.79 Å². The second-order valence-corrected chi connectivity index (χ2v) is 7.46. The Morgan fingerprint density at radius 1 is 1.05 bits per heavy atom. The maximum Gasteiger partial charge on any atom is 0.226 e.